The SMILES string of the molecule is Cc1cccnc1CNc1cccc2c1[C@@]1(CC2)CCc2cccc(P(c3cc(C(C)(C)C)cc(C(C)(C)C)c3)c3cc(C(C)(C)C)cc(C(C)(C)C)c3)c21.[Cl-].[H-].[H-].[Ir+3]. The van der Waals surface area contributed by atoms with Gasteiger partial charge in [-0.25, -0.2) is 0 Å². The molecule has 0 fully saturated rings. The van der Waals surface area contributed by atoms with Crippen LogP contribution >= 0.6 is 7.92 Å². The van der Waals surface area contributed by atoms with Gasteiger partial charge in [-0.1, -0.05) is 156 Å². The summed E-state index contributed by atoms with van der Waals surface area (Å²) in [6.45, 7) is 31.4. The molecule has 4 aromatic carbocycles. The summed E-state index contributed by atoms with van der Waals surface area (Å²) < 4.78 is 0. The fraction of sp³-hybridized carbons (Fsp3) is 0.442. The Bertz CT molecular complexity index is 2120. The van der Waals surface area contributed by atoms with Crippen molar-refractivity contribution in [2.75, 3.05) is 5.32 Å². The van der Waals surface area contributed by atoms with E-state index in [9.17, 15) is 0 Å². The Morgan fingerprint density at radius 1 is 0.614 bits per heavy atom. The van der Waals surface area contributed by atoms with Gasteiger partial charge in [0.2, 0.25) is 0 Å². The van der Waals surface area contributed by atoms with Crippen LogP contribution in [-0.2, 0) is 66.6 Å². The van der Waals surface area contributed by atoms with Crippen LogP contribution in [0.4, 0.5) is 5.69 Å². The second-order valence-corrected chi connectivity index (χ2v) is 22.9. The molecule has 1 N–H and O–H groups in total. The minimum atomic E-state index is -0.922. The molecule has 2 aliphatic carbocycles. The van der Waals surface area contributed by atoms with Gasteiger partial charge in [-0.3, -0.25) is 4.98 Å². The van der Waals surface area contributed by atoms with E-state index < -0.39 is 7.92 Å². The van der Waals surface area contributed by atoms with Gasteiger partial charge < -0.3 is 20.6 Å². The van der Waals surface area contributed by atoms with Crippen molar-refractivity contribution in [2.24, 2.45) is 0 Å². The Morgan fingerprint density at radius 2 is 1.07 bits per heavy atom. The number of hydrogen-bond acceptors (Lipinski definition) is 2. The van der Waals surface area contributed by atoms with Crippen molar-refractivity contribution in [1.29, 1.82) is 0 Å². The number of aryl methyl sites for hydroxylation is 3. The third-order valence-electron chi connectivity index (χ3n) is 12.5. The maximum atomic E-state index is 4.75. The molecule has 0 radical (unpaired) electrons. The van der Waals surface area contributed by atoms with E-state index in [2.05, 4.69) is 174 Å². The molecule has 57 heavy (non-hydrogen) atoms. The molecule has 0 amide bonds. The smallest absolute Gasteiger partial charge is 1.00 e. The molecular formula is C52H67ClIrN2P. The monoisotopic (exact) mass is 978 g/mol. The van der Waals surface area contributed by atoms with Crippen LogP contribution in [0, 0.1) is 6.92 Å². The zero-order valence-corrected chi connectivity index (χ0v) is 40.8. The van der Waals surface area contributed by atoms with Crippen LogP contribution in [-0.4, -0.2) is 4.98 Å². The standard InChI is InChI=1S/C52H65N2P.ClH.Ir.2H/c1-34-17-16-26-53-44(34)33-54-43-20-14-18-35-22-24-52(46(35)43)25-23-36-19-15-21-45(47(36)52)55(41-29-37(48(2,3)4)27-38(30-41)49(5,6)7)42-31-39(50(8,9)10)28-40(32-42)51(11,12)13;;;;/h14-21,26-32,54H,22-25,33H2,1-13H3;1H;;;/q;;+3;2*-1/p-1/t52-;;;;/m1..../s1. The van der Waals surface area contributed by atoms with Gasteiger partial charge >= 0.3 is 20.1 Å². The van der Waals surface area contributed by atoms with Crippen LogP contribution in [0.5, 0.6) is 0 Å². The van der Waals surface area contributed by atoms with E-state index in [0.717, 1.165) is 37.9 Å². The molecule has 0 saturated carbocycles. The number of benzene rings is 4. The molecule has 2 aliphatic rings. The van der Waals surface area contributed by atoms with Crippen molar-refractivity contribution in [3.8, 4) is 0 Å². The number of anilines is 1. The topological polar surface area (TPSA) is 24.9 Å². The molecule has 306 valence electrons. The van der Waals surface area contributed by atoms with Gasteiger partial charge in [0.05, 0.1) is 12.2 Å². The summed E-state index contributed by atoms with van der Waals surface area (Å²) in [4.78, 5) is 4.75. The number of rotatable bonds is 6. The van der Waals surface area contributed by atoms with Crippen molar-refractivity contribution < 1.29 is 35.4 Å². The van der Waals surface area contributed by atoms with E-state index in [4.69, 9.17) is 4.98 Å². The van der Waals surface area contributed by atoms with Crippen LogP contribution in [0.1, 0.15) is 155 Å². The van der Waals surface area contributed by atoms with Crippen molar-refractivity contribution in [1.82, 2.24) is 4.98 Å². The molecule has 5 heteroatoms. The van der Waals surface area contributed by atoms with Crippen LogP contribution in [0.15, 0.2) is 91.1 Å². The Labute approximate surface area is 369 Å². The molecule has 1 heterocycles. The minimum Gasteiger partial charge on any atom is -1.00 e. The number of halogens is 1. The van der Waals surface area contributed by atoms with Gasteiger partial charge in [0.25, 0.3) is 0 Å². The Kier molecular flexibility index (Phi) is 13.0. The summed E-state index contributed by atoms with van der Waals surface area (Å²) in [5, 5.41) is 8.43. The normalized spacial score (nSPS) is 16.6. The predicted octanol–water partition coefficient (Wildman–Crippen LogP) is 9.36. The van der Waals surface area contributed by atoms with E-state index >= 15 is 0 Å². The van der Waals surface area contributed by atoms with Gasteiger partial charge in [-0.15, -0.1) is 0 Å². The van der Waals surface area contributed by atoms with Gasteiger partial charge in [0.15, 0.2) is 0 Å². The van der Waals surface area contributed by atoms with Gasteiger partial charge in [0.1, 0.15) is 0 Å². The summed E-state index contributed by atoms with van der Waals surface area (Å²) >= 11 is 0. The average Bonchev–Trinajstić information content (AvgIpc) is 3.68. The van der Waals surface area contributed by atoms with Crippen molar-refractivity contribution in [3.63, 3.8) is 0 Å². The fourth-order valence-corrected chi connectivity index (χ4v) is 11.8. The van der Waals surface area contributed by atoms with E-state index in [1.54, 1.807) is 16.4 Å². The summed E-state index contributed by atoms with van der Waals surface area (Å²) in [5.41, 5.74) is 15.6. The molecular weight excluding hydrogens is 911 g/mol. The van der Waals surface area contributed by atoms with Crippen LogP contribution in [0.2, 0.25) is 0 Å². The van der Waals surface area contributed by atoms with E-state index in [1.165, 1.54) is 55.2 Å². The largest absolute Gasteiger partial charge is 3.00 e. The zero-order valence-electron chi connectivity index (χ0n) is 38.8. The first-order valence-corrected chi connectivity index (χ1v) is 22.0. The number of hydrogen-bond donors (Lipinski definition) is 1. The number of nitrogens with zero attached hydrogens (tertiary/aromatic N) is 1. The maximum Gasteiger partial charge on any atom is 3.00 e. The van der Waals surface area contributed by atoms with E-state index in [0.29, 0.717) is 0 Å². The quantitative estimate of drug-likeness (QED) is 0.172. The zero-order chi connectivity index (χ0) is 39.7. The first-order valence-electron chi connectivity index (χ1n) is 20.7. The Morgan fingerprint density at radius 3 is 1.53 bits per heavy atom. The van der Waals surface area contributed by atoms with Gasteiger partial charge in [-0.2, -0.15) is 0 Å². The fourth-order valence-electron chi connectivity index (χ4n) is 9.02. The Balaban J connectivity index is 0.00000233. The van der Waals surface area contributed by atoms with Crippen molar-refractivity contribution in [2.45, 2.75) is 149 Å². The van der Waals surface area contributed by atoms with E-state index in [1.807, 2.05) is 12.3 Å². The molecule has 5 aromatic rings. The molecule has 1 spiro atoms. The maximum absolute atomic E-state index is 4.75. The summed E-state index contributed by atoms with van der Waals surface area (Å²) in [5.74, 6) is 0. The second-order valence-electron chi connectivity index (χ2n) is 20.7. The van der Waals surface area contributed by atoms with E-state index in [-0.39, 0.29) is 62.4 Å². The predicted molar refractivity (Wildman–Crippen MR) is 242 cm³/mol. The molecule has 0 bridgehead atoms. The average molecular weight is 979 g/mol. The Hall–Kier alpha value is -2.80. The number of fused-ring (bicyclic) bond motifs is 4. The minimum absolute atomic E-state index is 0. The second kappa shape index (κ2) is 16.3. The third-order valence-corrected chi connectivity index (χ3v) is 14.9. The first-order chi connectivity index (χ1) is 25.7. The summed E-state index contributed by atoms with van der Waals surface area (Å²) in [7, 11) is -0.922. The first kappa shape index (κ1) is 45.3. The molecule has 0 saturated heterocycles. The summed E-state index contributed by atoms with van der Waals surface area (Å²) in [6, 6.07) is 33.9. The van der Waals surface area contributed by atoms with Crippen LogP contribution in [0.3, 0.4) is 0 Å². The molecule has 0 unspecified atom stereocenters. The summed E-state index contributed by atoms with van der Waals surface area (Å²) in [6.07, 6.45) is 6.45. The van der Waals surface area contributed by atoms with Crippen molar-refractivity contribution >= 4 is 29.5 Å². The number of aromatic nitrogens is 1. The molecule has 0 aliphatic heterocycles. The third kappa shape index (κ3) is 8.90. The van der Waals surface area contributed by atoms with Gasteiger partial charge in [-0.05, 0) is 140 Å². The number of pyridine rings is 1. The molecule has 1 aromatic heterocycles. The number of nitrogens with one attached hydrogen (secondary N) is 1. The van der Waals surface area contributed by atoms with Crippen LogP contribution < -0.4 is 33.6 Å². The van der Waals surface area contributed by atoms with Gasteiger partial charge in [0, 0.05) is 17.3 Å². The molecule has 7 rings (SSSR count). The van der Waals surface area contributed by atoms with Crippen LogP contribution in [0.25, 0.3) is 0 Å². The van der Waals surface area contributed by atoms with Crippen molar-refractivity contribution in [3.05, 3.63) is 147 Å². The molecule has 1 atom stereocenters. The molecule has 2 nitrogen and oxygen atoms in total.